The van der Waals surface area contributed by atoms with Crippen LogP contribution in [0.25, 0.3) is 11.3 Å². The molecule has 2 aromatic carbocycles. The average molecular weight is 457 g/mol. The number of hydrogen-bond acceptors (Lipinski definition) is 4. The second-order valence-electron chi connectivity index (χ2n) is 6.20. The molecule has 0 unspecified atom stereocenters. The molecular formula is C20H13F6N3OS. The van der Waals surface area contributed by atoms with E-state index in [9.17, 15) is 31.1 Å². The van der Waals surface area contributed by atoms with E-state index in [-0.39, 0.29) is 16.5 Å². The Morgan fingerprint density at radius 1 is 0.871 bits per heavy atom. The second-order valence-corrected chi connectivity index (χ2v) is 7.14. The number of aromatic nitrogens is 2. The van der Waals surface area contributed by atoms with Crippen LogP contribution in [0.5, 0.6) is 0 Å². The van der Waals surface area contributed by atoms with Gasteiger partial charge in [0.2, 0.25) is 5.91 Å². The van der Waals surface area contributed by atoms with Crippen LogP contribution in [-0.2, 0) is 17.1 Å². The molecule has 1 amide bonds. The monoisotopic (exact) mass is 457 g/mol. The number of alkyl halides is 6. The lowest BCUT2D eigenvalue weighted by atomic mass is 10.1. The first-order valence-electron chi connectivity index (χ1n) is 8.64. The fourth-order valence-corrected chi connectivity index (χ4v) is 3.15. The molecule has 0 aliphatic carbocycles. The lowest BCUT2D eigenvalue weighted by Gasteiger charge is -2.11. The molecule has 1 heterocycles. The molecule has 0 bridgehead atoms. The van der Waals surface area contributed by atoms with Crippen molar-refractivity contribution in [1.29, 1.82) is 0 Å². The van der Waals surface area contributed by atoms with Gasteiger partial charge in [0.15, 0.2) is 5.16 Å². The van der Waals surface area contributed by atoms with Crippen molar-refractivity contribution >= 4 is 23.4 Å². The van der Waals surface area contributed by atoms with Crippen molar-refractivity contribution in [2.45, 2.75) is 17.5 Å². The van der Waals surface area contributed by atoms with Crippen molar-refractivity contribution in [3.05, 3.63) is 71.9 Å². The van der Waals surface area contributed by atoms with Crippen LogP contribution < -0.4 is 5.32 Å². The van der Waals surface area contributed by atoms with E-state index in [2.05, 4.69) is 15.3 Å². The van der Waals surface area contributed by atoms with Crippen LogP contribution in [0.15, 0.2) is 65.8 Å². The van der Waals surface area contributed by atoms with Gasteiger partial charge in [0.25, 0.3) is 0 Å². The average Bonchev–Trinajstić information content (AvgIpc) is 2.72. The Morgan fingerprint density at radius 2 is 1.58 bits per heavy atom. The van der Waals surface area contributed by atoms with Crippen molar-refractivity contribution in [1.82, 2.24) is 9.97 Å². The zero-order valence-corrected chi connectivity index (χ0v) is 16.3. The predicted octanol–water partition coefficient (Wildman–Crippen LogP) is 5.91. The van der Waals surface area contributed by atoms with E-state index in [1.807, 2.05) is 0 Å². The number of benzene rings is 2. The standard InChI is InChI=1S/C20H13F6N3OS/c21-19(22,23)13-7-4-8-14(9-13)27-17(30)11-31-18-28-15(12-5-2-1-3-6-12)10-16(29-18)20(24,25)26/h1-10H,11H2,(H,27,30). The normalized spacial score (nSPS) is 11.9. The Bertz CT molecular complexity index is 1070. The Hall–Kier alpha value is -3.08. The number of nitrogens with zero attached hydrogens (tertiary/aromatic N) is 2. The molecule has 162 valence electrons. The molecule has 1 aromatic heterocycles. The highest BCUT2D eigenvalue weighted by molar-refractivity contribution is 7.99. The Morgan fingerprint density at radius 3 is 2.23 bits per heavy atom. The third-order valence-corrected chi connectivity index (χ3v) is 4.72. The van der Waals surface area contributed by atoms with Crippen molar-refractivity contribution in [2.75, 3.05) is 11.1 Å². The van der Waals surface area contributed by atoms with Gasteiger partial charge in [0, 0.05) is 11.3 Å². The maximum Gasteiger partial charge on any atom is 0.433 e. The molecular weight excluding hydrogens is 444 g/mol. The van der Waals surface area contributed by atoms with Gasteiger partial charge in [-0.1, -0.05) is 48.2 Å². The Kier molecular flexibility index (Phi) is 6.54. The summed E-state index contributed by atoms with van der Waals surface area (Å²) in [5, 5.41) is 1.99. The van der Waals surface area contributed by atoms with E-state index in [1.54, 1.807) is 30.3 Å². The molecule has 1 N–H and O–H groups in total. The van der Waals surface area contributed by atoms with Gasteiger partial charge < -0.3 is 5.32 Å². The van der Waals surface area contributed by atoms with Gasteiger partial charge in [-0.3, -0.25) is 4.79 Å². The summed E-state index contributed by atoms with van der Waals surface area (Å²) in [6.45, 7) is 0. The van der Waals surface area contributed by atoms with Crippen molar-refractivity contribution in [3.8, 4) is 11.3 Å². The summed E-state index contributed by atoms with van der Waals surface area (Å²) >= 11 is 0.640. The van der Waals surface area contributed by atoms with Crippen LogP contribution in [-0.4, -0.2) is 21.6 Å². The number of carbonyl (C=O) groups excluding carboxylic acids is 1. The molecule has 0 radical (unpaired) electrons. The first-order valence-corrected chi connectivity index (χ1v) is 9.62. The maximum atomic E-state index is 13.2. The van der Waals surface area contributed by atoms with Crippen LogP contribution in [0, 0.1) is 0 Å². The third kappa shape index (κ3) is 6.20. The van der Waals surface area contributed by atoms with Crippen LogP contribution in [0.1, 0.15) is 11.3 Å². The maximum absolute atomic E-state index is 13.2. The van der Waals surface area contributed by atoms with Crippen molar-refractivity contribution < 1.29 is 31.1 Å². The topological polar surface area (TPSA) is 54.9 Å². The van der Waals surface area contributed by atoms with Gasteiger partial charge in [0.1, 0.15) is 5.69 Å². The number of thioether (sulfide) groups is 1. The molecule has 11 heteroatoms. The summed E-state index contributed by atoms with van der Waals surface area (Å²) in [7, 11) is 0. The number of carbonyl (C=O) groups is 1. The SMILES string of the molecule is O=C(CSc1nc(-c2ccccc2)cc(C(F)(F)F)n1)Nc1cccc(C(F)(F)F)c1. The molecule has 0 atom stereocenters. The fourth-order valence-electron chi connectivity index (χ4n) is 2.49. The van der Waals surface area contributed by atoms with Crippen LogP contribution in [0.3, 0.4) is 0 Å². The van der Waals surface area contributed by atoms with E-state index in [0.717, 1.165) is 24.3 Å². The minimum atomic E-state index is -4.72. The highest BCUT2D eigenvalue weighted by Gasteiger charge is 2.34. The number of rotatable bonds is 5. The van der Waals surface area contributed by atoms with E-state index < -0.39 is 35.3 Å². The molecule has 31 heavy (non-hydrogen) atoms. The molecule has 4 nitrogen and oxygen atoms in total. The summed E-state index contributed by atoms with van der Waals surface area (Å²) in [6.07, 6.45) is -9.29. The zero-order valence-electron chi connectivity index (χ0n) is 15.5. The van der Waals surface area contributed by atoms with Crippen LogP contribution in [0.4, 0.5) is 32.0 Å². The summed E-state index contributed by atoms with van der Waals surface area (Å²) in [6, 6.07) is 13.0. The lowest BCUT2D eigenvalue weighted by Crippen LogP contribution is -2.16. The van der Waals surface area contributed by atoms with Gasteiger partial charge in [-0.2, -0.15) is 26.3 Å². The van der Waals surface area contributed by atoms with Gasteiger partial charge in [-0.15, -0.1) is 0 Å². The first-order chi connectivity index (χ1) is 14.5. The minimum absolute atomic E-state index is 0.0312. The lowest BCUT2D eigenvalue weighted by molar-refractivity contribution is -0.141. The van der Waals surface area contributed by atoms with E-state index >= 15 is 0 Å². The number of halogens is 6. The quantitative estimate of drug-likeness (QED) is 0.294. The van der Waals surface area contributed by atoms with Gasteiger partial charge in [-0.25, -0.2) is 9.97 Å². The second kappa shape index (κ2) is 8.96. The summed E-state index contributed by atoms with van der Waals surface area (Å²) in [5.74, 6) is -1.11. The smallest absolute Gasteiger partial charge is 0.325 e. The molecule has 3 aromatic rings. The van der Waals surface area contributed by atoms with Crippen LogP contribution in [0.2, 0.25) is 0 Å². The molecule has 0 aliphatic rings. The van der Waals surface area contributed by atoms with Crippen molar-refractivity contribution in [2.24, 2.45) is 0 Å². The highest BCUT2D eigenvalue weighted by atomic mass is 32.2. The summed E-state index contributed by atoms with van der Waals surface area (Å²) in [5.41, 5.74) is -1.72. The number of nitrogens with one attached hydrogen (secondary N) is 1. The molecule has 0 aliphatic heterocycles. The fraction of sp³-hybridized carbons (Fsp3) is 0.150. The Labute approximate surface area is 176 Å². The highest BCUT2D eigenvalue weighted by Crippen LogP contribution is 2.32. The molecule has 3 rings (SSSR count). The van der Waals surface area contributed by atoms with Crippen molar-refractivity contribution in [3.63, 3.8) is 0 Å². The van der Waals surface area contributed by atoms with Gasteiger partial charge in [-0.05, 0) is 24.3 Å². The van der Waals surface area contributed by atoms with E-state index in [1.165, 1.54) is 6.07 Å². The summed E-state index contributed by atoms with van der Waals surface area (Å²) in [4.78, 5) is 19.6. The number of amides is 1. The van der Waals surface area contributed by atoms with E-state index in [0.29, 0.717) is 17.3 Å². The predicted molar refractivity (Wildman–Crippen MR) is 103 cm³/mol. The van der Waals surface area contributed by atoms with Gasteiger partial charge >= 0.3 is 12.4 Å². The molecule has 0 spiro atoms. The minimum Gasteiger partial charge on any atom is -0.325 e. The molecule has 0 saturated carbocycles. The number of anilines is 1. The molecule has 0 fully saturated rings. The van der Waals surface area contributed by atoms with Gasteiger partial charge in [0.05, 0.1) is 17.0 Å². The van der Waals surface area contributed by atoms with E-state index in [4.69, 9.17) is 0 Å². The third-order valence-electron chi connectivity index (χ3n) is 3.87. The number of hydrogen-bond donors (Lipinski definition) is 1. The first kappa shape index (κ1) is 22.6. The Balaban J connectivity index is 1.76. The molecule has 0 saturated heterocycles. The zero-order chi connectivity index (χ0) is 22.6. The van der Waals surface area contributed by atoms with Crippen LogP contribution >= 0.6 is 11.8 Å². The summed E-state index contributed by atoms with van der Waals surface area (Å²) < 4.78 is 77.9. The largest absolute Gasteiger partial charge is 0.433 e.